The van der Waals surface area contributed by atoms with E-state index in [0.717, 1.165) is 22.3 Å². The van der Waals surface area contributed by atoms with E-state index < -0.39 is 39.2 Å². The van der Waals surface area contributed by atoms with Gasteiger partial charge >= 0.3 is 5.97 Å². The predicted molar refractivity (Wildman–Crippen MR) is 139 cm³/mol. The summed E-state index contributed by atoms with van der Waals surface area (Å²) in [5.74, 6) is -2.94. The van der Waals surface area contributed by atoms with E-state index in [0.29, 0.717) is 16.0 Å². The summed E-state index contributed by atoms with van der Waals surface area (Å²) in [7, 11) is 0. The molecule has 1 aromatic heterocycles. The van der Waals surface area contributed by atoms with Gasteiger partial charge in [-0.25, -0.2) is 4.79 Å². The molecule has 0 saturated carbocycles. The molecule has 2 aromatic carbocycles. The number of non-ortho nitro benzene ring substituents is 1. The van der Waals surface area contributed by atoms with Crippen molar-refractivity contribution in [2.45, 2.75) is 20.3 Å². The number of anilines is 1. The second kappa shape index (κ2) is 10.8. The van der Waals surface area contributed by atoms with Gasteiger partial charge in [0.2, 0.25) is 5.91 Å². The first-order valence-electron chi connectivity index (χ1n) is 11.5. The molecule has 2 heterocycles. The lowest BCUT2D eigenvalue weighted by atomic mass is 10.0. The Morgan fingerprint density at radius 1 is 1.00 bits per heavy atom. The molecular formula is C25H20N4O9S. The average molecular weight is 553 g/mol. The number of hydrogen-bond acceptors (Lipinski definition) is 10. The highest BCUT2D eigenvalue weighted by Crippen LogP contribution is 2.41. The van der Waals surface area contributed by atoms with E-state index in [4.69, 9.17) is 4.74 Å². The van der Waals surface area contributed by atoms with Gasteiger partial charge in [-0.2, -0.15) is 0 Å². The molecule has 1 aliphatic heterocycles. The second-order valence-electron chi connectivity index (χ2n) is 8.28. The highest BCUT2D eigenvalue weighted by Gasteiger charge is 2.40. The Bertz CT molecular complexity index is 1550. The van der Waals surface area contributed by atoms with Crippen molar-refractivity contribution in [2.24, 2.45) is 0 Å². The maximum absolute atomic E-state index is 12.9. The van der Waals surface area contributed by atoms with Gasteiger partial charge in [0.05, 0.1) is 22.0 Å². The largest absolute Gasteiger partial charge is 0.462 e. The zero-order chi connectivity index (χ0) is 28.4. The van der Waals surface area contributed by atoms with Crippen molar-refractivity contribution in [3.63, 3.8) is 0 Å². The molecule has 0 saturated heterocycles. The Kier molecular flexibility index (Phi) is 7.49. The van der Waals surface area contributed by atoms with Gasteiger partial charge in [-0.3, -0.25) is 39.5 Å². The molecule has 3 aromatic rings. The molecule has 1 aliphatic rings. The molecule has 200 valence electrons. The summed E-state index contributed by atoms with van der Waals surface area (Å²) >= 11 is 1.09. The minimum Gasteiger partial charge on any atom is -0.462 e. The Labute approximate surface area is 224 Å². The number of carbonyl (C=O) groups excluding carboxylic acids is 4. The van der Waals surface area contributed by atoms with Crippen LogP contribution >= 0.6 is 11.3 Å². The molecule has 0 atom stereocenters. The average Bonchev–Trinajstić information content (AvgIpc) is 3.35. The van der Waals surface area contributed by atoms with E-state index in [1.54, 1.807) is 13.8 Å². The van der Waals surface area contributed by atoms with E-state index in [1.165, 1.54) is 36.4 Å². The van der Waals surface area contributed by atoms with Crippen molar-refractivity contribution in [1.29, 1.82) is 0 Å². The third kappa shape index (κ3) is 5.09. The first-order valence-corrected chi connectivity index (χ1v) is 12.4. The molecule has 14 heteroatoms. The molecule has 39 heavy (non-hydrogen) atoms. The first-order chi connectivity index (χ1) is 18.5. The summed E-state index contributed by atoms with van der Waals surface area (Å²) in [5, 5.41) is 25.1. The first kappa shape index (κ1) is 27.1. The molecular weight excluding hydrogens is 532 g/mol. The molecule has 4 rings (SSSR count). The van der Waals surface area contributed by atoms with Gasteiger partial charge in [0.15, 0.2) is 0 Å². The van der Waals surface area contributed by atoms with Crippen molar-refractivity contribution in [2.75, 3.05) is 18.5 Å². The summed E-state index contributed by atoms with van der Waals surface area (Å²) in [4.78, 5) is 73.6. The Hall–Kier alpha value is -4.98. The number of fused-ring (bicyclic) bond motifs is 1. The van der Waals surface area contributed by atoms with Gasteiger partial charge in [-0.05, 0) is 37.6 Å². The molecule has 0 bridgehead atoms. The lowest BCUT2D eigenvalue weighted by Gasteiger charge is -2.13. The molecule has 13 nitrogen and oxygen atoms in total. The fourth-order valence-electron chi connectivity index (χ4n) is 4.20. The van der Waals surface area contributed by atoms with Crippen LogP contribution in [0.3, 0.4) is 0 Å². The van der Waals surface area contributed by atoms with E-state index >= 15 is 0 Å². The van der Waals surface area contributed by atoms with Crippen molar-refractivity contribution in [1.82, 2.24) is 4.90 Å². The van der Waals surface area contributed by atoms with Gasteiger partial charge in [0.1, 0.15) is 16.1 Å². The summed E-state index contributed by atoms with van der Waals surface area (Å²) < 4.78 is 5.18. The third-order valence-corrected chi connectivity index (χ3v) is 6.94. The zero-order valence-electron chi connectivity index (χ0n) is 20.6. The fraction of sp³-hybridized carbons (Fsp3) is 0.200. The number of amides is 3. The van der Waals surface area contributed by atoms with Gasteiger partial charge in [-0.1, -0.05) is 6.07 Å². The van der Waals surface area contributed by atoms with Crippen molar-refractivity contribution < 1.29 is 33.8 Å². The minimum absolute atomic E-state index is 0.0622. The van der Waals surface area contributed by atoms with Crippen LogP contribution < -0.4 is 5.32 Å². The number of ether oxygens (including phenoxy) is 1. The number of benzene rings is 2. The van der Waals surface area contributed by atoms with Gasteiger partial charge in [0.25, 0.3) is 23.2 Å². The Morgan fingerprint density at radius 3 is 2.31 bits per heavy atom. The second-order valence-corrected chi connectivity index (χ2v) is 9.50. The van der Waals surface area contributed by atoms with Crippen LogP contribution in [0, 0.1) is 27.2 Å². The number of rotatable bonds is 9. The van der Waals surface area contributed by atoms with Crippen molar-refractivity contribution >= 4 is 51.4 Å². The summed E-state index contributed by atoms with van der Waals surface area (Å²) in [6.07, 6.45) is -0.342. The van der Waals surface area contributed by atoms with Crippen LogP contribution in [0.2, 0.25) is 0 Å². The highest BCUT2D eigenvalue weighted by atomic mass is 32.1. The number of hydrogen-bond donors (Lipinski definition) is 1. The summed E-state index contributed by atoms with van der Waals surface area (Å²) in [6.45, 7) is 3.05. The van der Waals surface area contributed by atoms with Crippen LogP contribution in [0.25, 0.3) is 11.1 Å². The van der Waals surface area contributed by atoms with Crippen molar-refractivity contribution in [3.05, 3.63) is 84.3 Å². The quantitative estimate of drug-likeness (QED) is 0.175. The van der Waals surface area contributed by atoms with E-state index in [2.05, 4.69) is 5.32 Å². The number of nitro benzene ring substituents is 2. The number of thiophene rings is 1. The standard InChI is InChI=1S/C25H20N4O9S/c1-3-38-25(33)21-19(14-7-9-15(10-8-14)28(34)35)13(2)39-22(21)26-18(30)11-12-27-23(31)16-5-4-6-17(29(36)37)20(16)24(27)32/h4-10H,3,11-12H2,1-2H3,(H,26,30). The monoisotopic (exact) mass is 552 g/mol. The van der Waals surface area contributed by atoms with Crippen LogP contribution in [-0.2, 0) is 9.53 Å². The maximum atomic E-state index is 12.9. The molecule has 0 fully saturated rings. The SMILES string of the molecule is CCOC(=O)c1c(NC(=O)CCN2C(=O)c3cccc([N+](=O)[O-])c3C2=O)sc(C)c1-c1ccc([N+](=O)[O-])cc1. The normalized spacial score (nSPS) is 12.3. The number of esters is 1. The topological polar surface area (TPSA) is 179 Å². The van der Waals surface area contributed by atoms with E-state index in [1.807, 2.05) is 0 Å². The molecule has 0 radical (unpaired) electrons. The summed E-state index contributed by atoms with van der Waals surface area (Å²) in [5.41, 5.74) is -0.0410. The lowest BCUT2D eigenvalue weighted by Crippen LogP contribution is -2.33. The number of aryl methyl sites for hydroxylation is 1. The number of nitrogens with one attached hydrogen (secondary N) is 1. The van der Waals surface area contributed by atoms with Crippen LogP contribution in [0.1, 0.15) is 49.3 Å². The fourth-order valence-corrected chi connectivity index (χ4v) is 5.28. The maximum Gasteiger partial charge on any atom is 0.341 e. The van der Waals surface area contributed by atoms with Gasteiger partial charge in [-0.15, -0.1) is 11.3 Å². The number of nitro groups is 2. The smallest absolute Gasteiger partial charge is 0.341 e. The Balaban J connectivity index is 1.56. The van der Waals surface area contributed by atoms with E-state index in [9.17, 15) is 39.4 Å². The highest BCUT2D eigenvalue weighted by molar-refractivity contribution is 7.17. The Morgan fingerprint density at radius 2 is 1.69 bits per heavy atom. The molecule has 0 aliphatic carbocycles. The molecule has 0 unspecified atom stereocenters. The van der Waals surface area contributed by atoms with E-state index in [-0.39, 0.29) is 47.0 Å². The minimum atomic E-state index is -0.866. The van der Waals surface area contributed by atoms with Crippen molar-refractivity contribution in [3.8, 4) is 11.1 Å². The molecule has 1 N–H and O–H groups in total. The number of imide groups is 1. The number of carbonyl (C=O) groups is 4. The van der Waals surface area contributed by atoms with Crippen LogP contribution in [-0.4, -0.2) is 51.6 Å². The van der Waals surface area contributed by atoms with Crippen LogP contribution in [0.15, 0.2) is 42.5 Å². The van der Waals surface area contributed by atoms with Crippen LogP contribution in [0.5, 0.6) is 0 Å². The predicted octanol–water partition coefficient (Wildman–Crippen LogP) is 4.34. The summed E-state index contributed by atoms with van der Waals surface area (Å²) in [6, 6.07) is 9.31. The third-order valence-electron chi connectivity index (χ3n) is 5.92. The van der Waals surface area contributed by atoms with Gasteiger partial charge in [0, 0.05) is 41.6 Å². The lowest BCUT2D eigenvalue weighted by molar-refractivity contribution is -0.385. The zero-order valence-corrected chi connectivity index (χ0v) is 21.4. The number of nitrogens with zero attached hydrogens (tertiary/aromatic N) is 3. The van der Waals surface area contributed by atoms with Gasteiger partial charge < -0.3 is 10.1 Å². The van der Waals surface area contributed by atoms with Crippen LogP contribution in [0.4, 0.5) is 16.4 Å². The molecule has 0 spiro atoms. The molecule has 3 amide bonds.